The Hall–Kier alpha value is -3.78. The lowest BCUT2D eigenvalue weighted by Gasteiger charge is -2.02. The van der Waals surface area contributed by atoms with Crippen LogP contribution in [0.15, 0.2) is 82.8 Å². The summed E-state index contributed by atoms with van der Waals surface area (Å²) in [4.78, 5) is 27.3. The molecule has 0 aliphatic carbocycles. The Morgan fingerprint density at radius 3 is 1.52 bits per heavy atom. The summed E-state index contributed by atoms with van der Waals surface area (Å²) in [6, 6.07) is 22.0. The maximum atomic E-state index is 10.1. The molecule has 0 spiro atoms. The van der Waals surface area contributed by atoms with Gasteiger partial charge in [-0.1, -0.05) is 42.5 Å². The first-order chi connectivity index (χ1) is 13.1. The standard InChI is InChI=1S/C15H10N2O2.C7H8O/c18-10-16-14-5-1-12(2-6-14)9-13-3-7-15(8-4-13)17-11-19;1-6-4-2-3-5-7(6)8/h1-8H,9H2;2-5,8H,1H3. The topological polar surface area (TPSA) is 79.1 Å². The zero-order chi connectivity index (χ0) is 19.5. The molecule has 1 N–H and O–H groups in total. The molecule has 0 saturated heterocycles. The van der Waals surface area contributed by atoms with Gasteiger partial charge < -0.3 is 5.11 Å². The van der Waals surface area contributed by atoms with Gasteiger partial charge in [0.1, 0.15) is 5.75 Å². The number of phenols is 1. The quantitative estimate of drug-likeness (QED) is 0.531. The first-order valence-electron chi connectivity index (χ1n) is 8.20. The molecular formula is C22H18N2O3. The molecule has 0 aliphatic rings. The smallest absolute Gasteiger partial charge is 0.240 e. The van der Waals surface area contributed by atoms with E-state index in [0.717, 1.165) is 23.1 Å². The first-order valence-corrected chi connectivity index (χ1v) is 8.20. The number of hydrogen-bond donors (Lipinski definition) is 1. The Morgan fingerprint density at radius 1 is 0.741 bits per heavy atom. The van der Waals surface area contributed by atoms with Gasteiger partial charge in [0.15, 0.2) is 0 Å². The van der Waals surface area contributed by atoms with Crippen LogP contribution in [0.25, 0.3) is 0 Å². The van der Waals surface area contributed by atoms with Gasteiger partial charge in [0.05, 0.1) is 11.4 Å². The van der Waals surface area contributed by atoms with E-state index in [1.54, 1.807) is 30.3 Å². The van der Waals surface area contributed by atoms with Crippen LogP contribution in [0.4, 0.5) is 11.4 Å². The Morgan fingerprint density at radius 2 is 1.19 bits per heavy atom. The second-order valence-electron chi connectivity index (χ2n) is 5.70. The van der Waals surface area contributed by atoms with Crippen LogP contribution in [0.5, 0.6) is 5.75 Å². The molecule has 0 atom stereocenters. The van der Waals surface area contributed by atoms with E-state index in [-0.39, 0.29) is 0 Å². The number of aryl methyl sites for hydroxylation is 1. The van der Waals surface area contributed by atoms with Gasteiger partial charge in [-0.2, -0.15) is 9.98 Å². The van der Waals surface area contributed by atoms with Crippen molar-refractivity contribution in [3.05, 3.63) is 89.5 Å². The predicted molar refractivity (Wildman–Crippen MR) is 104 cm³/mol. The second-order valence-corrected chi connectivity index (χ2v) is 5.70. The van der Waals surface area contributed by atoms with E-state index in [2.05, 4.69) is 9.98 Å². The lowest BCUT2D eigenvalue weighted by Crippen LogP contribution is -1.86. The van der Waals surface area contributed by atoms with E-state index >= 15 is 0 Å². The van der Waals surface area contributed by atoms with Gasteiger partial charge in [-0.15, -0.1) is 0 Å². The minimum absolute atomic E-state index is 0.368. The Labute approximate surface area is 157 Å². The third-order valence-electron chi connectivity index (χ3n) is 3.75. The SMILES string of the molecule is Cc1ccccc1O.O=C=Nc1ccc(Cc2ccc(N=C=O)cc2)cc1. The van der Waals surface area contributed by atoms with Crippen molar-refractivity contribution in [3.8, 4) is 5.75 Å². The number of rotatable bonds is 4. The minimum atomic E-state index is 0.368. The molecule has 0 saturated carbocycles. The van der Waals surface area contributed by atoms with Gasteiger partial charge in [0, 0.05) is 0 Å². The number of hydrogen-bond acceptors (Lipinski definition) is 5. The van der Waals surface area contributed by atoms with Crippen molar-refractivity contribution in [2.75, 3.05) is 0 Å². The molecule has 3 aromatic rings. The van der Waals surface area contributed by atoms with Crippen molar-refractivity contribution in [3.63, 3.8) is 0 Å². The molecule has 27 heavy (non-hydrogen) atoms. The van der Waals surface area contributed by atoms with Crippen LogP contribution < -0.4 is 0 Å². The van der Waals surface area contributed by atoms with Crippen LogP contribution in [0, 0.1) is 6.92 Å². The van der Waals surface area contributed by atoms with Crippen LogP contribution in [0.2, 0.25) is 0 Å². The van der Waals surface area contributed by atoms with Gasteiger partial charge >= 0.3 is 0 Å². The highest BCUT2D eigenvalue weighted by atomic mass is 16.3. The van der Waals surface area contributed by atoms with Crippen LogP contribution in [0.1, 0.15) is 16.7 Å². The number of phenolic OH excluding ortho intramolecular Hbond substituents is 1. The van der Waals surface area contributed by atoms with E-state index in [1.165, 1.54) is 12.2 Å². The Balaban J connectivity index is 0.000000273. The number of nitrogens with zero attached hydrogens (tertiary/aromatic N) is 2. The minimum Gasteiger partial charge on any atom is -0.508 e. The average Bonchev–Trinajstić information content (AvgIpc) is 2.68. The third-order valence-corrected chi connectivity index (χ3v) is 3.75. The Bertz CT molecular complexity index is 887. The molecule has 3 aromatic carbocycles. The van der Waals surface area contributed by atoms with Crippen LogP contribution >= 0.6 is 0 Å². The second kappa shape index (κ2) is 10.3. The molecule has 0 unspecified atom stereocenters. The molecule has 3 rings (SSSR count). The van der Waals surface area contributed by atoms with Gasteiger partial charge in [-0.3, -0.25) is 0 Å². The summed E-state index contributed by atoms with van der Waals surface area (Å²) in [5, 5.41) is 8.92. The van der Waals surface area contributed by atoms with Crippen molar-refractivity contribution in [1.29, 1.82) is 0 Å². The van der Waals surface area contributed by atoms with Crippen molar-refractivity contribution in [2.45, 2.75) is 13.3 Å². The number of para-hydroxylation sites is 1. The first kappa shape index (κ1) is 19.5. The number of isocyanates is 2. The molecular weight excluding hydrogens is 340 g/mol. The molecule has 0 aliphatic heterocycles. The summed E-state index contributed by atoms with van der Waals surface area (Å²) in [7, 11) is 0. The summed E-state index contributed by atoms with van der Waals surface area (Å²) in [5.41, 5.74) is 4.32. The average molecular weight is 358 g/mol. The van der Waals surface area contributed by atoms with Gasteiger partial charge in [-0.05, 0) is 60.4 Å². The highest BCUT2D eigenvalue weighted by molar-refractivity contribution is 5.51. The Kier molecular flexibility index (Phi) is 7.43. The number of benzene rings is 3. The maximum Gasteiger partial charge on any atom is 0.240 e. The van der Waals surface area contributed by atoms with Gasteiger partial charge in [0.25, 0.3) is 0 Å². The zero-order valence-corrected chi connectivity index (χ0v) is 14.8. The molecule has 5 nitrogen and oxygen atoms in total. The van der Waals surface area contributed by atoms with Crippen LogP contribution in [-0.4, -0.2) is 17.3 Å². The fraction of sp³-hybridized carbons (Fsp3) is 0.0909. The van der Waals surface area contributed by atoms with E-state index < -0.39 is 0 Å². The van der Waals surface area contributed by atoms with Crippen molar-refractivity contribution < 1.29 is 14.7 Å². The van der Waals surface area contributed by atoms with Crippen LogP contribution in [-0.2, 0) is 16.0 Å². The molecule has 0 radical (unpaired) electrons. The summed E-state index contributed by atoms with van der Waals surface area (Å²) in [5.74, 6) is 0.368. The fourth-order valence-electron chi connectivity index (χ4n) is 2.28. The fourth-order valence-corrected chi connectivity index (χ4v) is 2.28. The normalized spacial score (nSPS) is 9.22. The molecule has 134 valence electrons. The molecule has 0 aromatic heterocycles. The van der Waals surface area contributed by atoms with E-state index in [1.807, 2.05) is 49.4 Å². The monoisotopic (exact) mass is 358 g/mol. The molecule has 0 fully saturated rings. The molecule has 0 heterocycles. The number of aliphatic imine (C=N–C) groups is 2. The zero-order valence-electron chi connectivity index (χ0n) is 14.8. The summed E-state index contributed by atoms with van der Waals surface area (Å²) in [6.45, 7) is 1.87. The maximum absolute atomic E-state index is 10.1. The predicted octanol–water partition coefficient (Wildman–Crippen LogP) is 4.91. The molecule has 0 bridgehead atoms. The third kappa shape index (κ3) is 6.56. The lowest BCUT2D eigenvalue weighted by molar-refractivity contribution is 0.471. The van der Waals surface area contributed by atoms with E-state index in [0.29, 0.717) is 17.1 Å². The highest BCUT2D eigenvalue weighted by Crippen LogP contribution is 2.17. The summed E-state index contributed by atoms with van der Waals surface area (Å²) < 4.78 is 0. The molecule has 0 amide bonds. The highest BCUT2D eigenvalue weighted by Gasteiger charge is 1.97. The lowest BCUT2D eigenvalue weighted by atomic mass is 10.0. The number of carbonyl (C=O) groups excluding carboxylic acids is 2. The van der Waals surface area contributed by atoms with Crippen LogP contribution in [0.3, 0.4) is 0 Å². The number of aromatic hydroxyl groups is 1. The summed E-state index contributed by atoms with van der Waals surface area (Å²) in [6.07, 6.45) is 3.77. The van der Waals surface area contributed by atoms with Gasteiger partial charge in [0.2, 0.25) is 12.2 Å². The van der Waals surface area contributed by atoms with Crippen molar-refractivity contribution >= 4 is 23.5 Å². The van der Waals surface area contributed by atoms with Gasteiger partial charge in [-0.25, -0.2) is 9.59 Å². The van der Waals surface area contributed by atoms with E-state index in [4.69, 9.17) is 5.11 Å². The summed E-state index contributed by atoms with van der Waals surface area (Å²) >= 11 is 0. The van der Waals surface area contributed by atoms with Crippen molar-refractivity contribution in [1.82, 2.24) is 0 Å². The largest absolute Gasteiger partial charge is 0.508 e. The van der Waals surface area contributed by atoms with E-state index in [9.17, 15) is 9.59 Å². The van der Waals surface area contributed by atoms with Crippen molar-refractivity contribution in [2.24, 2.45) is 9.98 Å². The molecule has 5 heteroatoms.